The van der Waals surface area contributed by atoms with Gasteiger partial charge >= 0.3 is 18.0 Å². The molecule has 0 aliphatic carbocycles. The van der Waals surface area contributed by atoms with E-state index in [1.54, 1.807) is 40.0 Å². The third kappa shape index (κ3) is 12.5. The van der Waals surface area contributed by atoms with Gasteiger partial charge in [-0.05, 0) is 65.2 Å². The summed E-state index contributed by atoms with van der Waals surface area (Å²) < 4.78 is 28.2. The Labute approximate surface area is 383 Å². The van der Waals surface area contributed by atoms with Gasteiger partial charge in [0.25, 0.3) is 11.8 Å². The maximum atomic E-state index is 14.3. The Balaban J connectivity index is 1.51. The number of nitrogens with one attached hydrogen (secondary N) is 1. The summed E-state index contributed by atoms with van der Waals surface area (Å²) in [7, 11) is 5.88. The van der Waals surface area contributed by atoms with E-state index >= 15 is 0 Å². The average Bonchev–Trinajstić information content (AvgIpc) is 3.86. The summed E-state index contributed by atoms with van der Waals surface area (Å²) in [5.74, 6) is -4.03. The number of hydrogen-bond donors (Lipinski definition) is 2. The smallest absolute Gasteiger partial charge is 0.409 e. The van der Waals surface area contributed by atoms with Crippen molar-refractivity contribution in [1.29, 1.82) is 0 Å². The van der Waals surface area contributed by atoms with Crippen LogP contribution in [0.4, 0.5) is 10.5 Å². The standard InChI is InChI=1S/C44H63ClN4O14S/c1-13-24(2)18-28-19-29(38(45)30(20-28)59-12)48(10)36(53)21-32(43(8)39(62-43)25(3)31-22-44(57,27(5)58-11)46-41(56)60-31)61-40(55)26(4)47(9)33(50)16-17-42(6,7)64-23-37(54)63-49-34(51)14-15-35(49)52/h13,19-20,25-27,31-32,39,57H,14-18,21-23H2,1-12H3,(H,46,56)/b24-13+/t25-,26+,27-,31+,32+,39+,43?,44+/m1/s1. The van der Waals surface area contributed by atoms with E-state index in [-0.39, 0.29) is 49.3 Å². The van der Waals surface area contributed by atoms with E-state index in [1.165, 1.54) is 49.8 Å². The molecule has 2 N–H and O–H groups in total. The number of benzene rings is 1. The SMILES string of the molecule is C/C=C(\C)Cc1cc(OC)c(Cl)c(N(C)C(=O)C[C@H](OC(=O)[C@H](C)N(C)C(=O)CCC(C)(C)SCC(=O)ON2C(=O)CCC2=O)C2(C)O[C@H]2[C@H](C)[C@@H]2C[C@](O)([C@@H](C)OC)NC(=O)O2)c1. The van der Waals surface area contributed by atoms with Gasteiger partial charge in [0.2, 0.25) is 11.8 Å². The lowest BCUT2D eigenvalue weighted by Crippen LogP contribution is -2.63. The topological polar surface area (TPSA) is 220 Å². The molecule has 0 bridgehead atoms. The Bertz CT molecular complexity index is 1980. The van der Waals surface area contributed by atoms with Gasteiger partial charge in [-0.15, -0.1) is 16.8 Å². The zero-order valence-electron chi connectivity index (χ0n) is 38.7. The van der Waals surface area contributed by atoms with Crippen molar-refractivity contribution in [2.75, 3.05) is 39.0 Å². The number of anilines is 1. The number of epoxide rings is 1. The molecule has 3 saturated heterocycles. The number of carbonyl (C=O) groups excluding carboxylic acids is 7. The van der Waals surface area contributed by atoms with Crippen molar-refractivity contribution in [3.8, 4) is 5.75 Å². The van der Waals surface area contributed by atoms with Crippen LogP contribution in [-0.2, 0) is 59.0 Å². The van der Waals surface area contributed by atoms with E-state index in [9.17, 15) is 38.7 Å². The van der Waals surface area contributed by atoms with Crippen LogP contribution in [0, 0.1) is 5.92 Å². The van der Waals surface area contributed by atoms with Crippen LogP contribution in [0.1, 0.15) is 99.5 Å². The van der Waals surface area contributed by atoms with Gasteiger partial charge in [0.1, 0.15) is 40.7 Å². The van der Waals surface area contributed by atoms with Crippen molar-refractivity contribution < 1.29 is 67.2 Å². The van der Waals surface area contributed by atoms with Crippen molar-refractivity contribution in [2.24, 2.45) is 5.92 Å². The molecule has 5 amide bonds. The number of halogens is 1. The van der Waals surface area contributed by atoms with E-state index in [0.29, 0.717) is 22.9 Å². The van der Waals surface area contributed by atoms with Gasteiger partial charge in [-0.25, -0.2) is 14.4 Å². The number of amides is 5. The van der Waals surface area contributed by atoms with Crippen LogP contribution < -0.4 is 15.0 Å². The first kappa shape index (κ1) is 52.2. The van der Waals surface area contributed by atoms with Crippen LogP contribution in [0.5, 0.6) is 5.75 Å². The van der Waals surface area contributed by atoms with Crippen LogP contribution in [0.3, 0.4) is 0 Å². The summed E-state index contributed by atoms with van der Waals surface area (Å²) in [6, 6.07) is 2.47. The highest BCUT2D eigenvalue weighted by molar-refractivity contribution is 8.01. The molecule has 1 aromatic carbocycles. The fraction of sp³-hybridized carbons (Fsp3) is 0.659. The predicted molar refractivity (Wildman–Crippen MR) is 236 cm³/mol. The summed E-state index contributed by atoms with van der Waals surface area (Å²) in [5, 5.41) is 14.4. The van der Waals surface area contributed by atoms with Crippen molar-refractivity contribution in [1.82, 2.24) is 15.3 Å². The van der Waals surface area contributed by atoms with Crippen LogP contribution in [0.25, 0.3) is 0 Å². The minimum absolute atomic E-state index is 0.0146. The number of hydrogen-bond acceptors (Lipinski definition) is 15. The highest BCUT2D eigenvalue weighted by atomic mass is 35.5. The molecule has 3 aliphatic heterocycles. The van der Waals surface area contributed by atoms with E-state index in [2.05, 4.69) is 5.32 Å². The molecule has 0 spiro atoms. The first-order valence-corrected chi connectivity index (χ1v) is 22.5. The Kier molecular flexibility index (Phi) is 17.3. The van der Waals surface area contributed by atoms with Gasteiger partial charge in [0.15, 0.2) is 5.72 Å². The molecule has 0 aromatic heterocycles. The number of esters is 1. The fourth-order valence-electron chi connectivity index (χ4n) is 7.48. The average molecular weight is 940 g/mol. The summed E-state index contributed by atoms with van der Waals surface area (Å²) >= 11 is 7.94. The van der Waals surface area contributed by atoms with Crippen molar-refractivity contribution in [3.05, 3.63) is 34.4 Å². The molecule has 20 heteroatoms. The number of cyclic esters (lactones) is 1. The zero-order chi connectivity index (χ0) is 48.1. The molecule has 64 heavy (non-hydrogen) atoms. The van der Waals surface area contributed by atoms with E-state index in [0.717, 1.165) is 11.1 Å². The van der Waals surface area contributed by atoms with Gasteiger partial charge in [-0.2, -0.15) is 0 Å². The second-order valence-electron chi connectivity index (χ2n) is 17.5. The molecule has 3 heterocycles. The molecular formula is C44H63ClN4O14S. The summed E-state index contributed by atoms with van der Waals surface area (Å²) in [4.78, 5) is 98.0. The van der Waals surface area contributed by atoms with E-state index < -0.39 is 94.1 Å². The first-order chi connectivity index (χ1) is 29.8. The molecule has 4 rings (SSSR count). The summed E-state index contributed by atoms with van der Waals surface area (Å²) in [6.07, 6.45) is -2.10. The molecule has 1 unspecified atom stereocenters. The Morgan fingerprint density at radius 3 is 2.33 bits per heavy atom. The first-order valence-electron chi connectivity index (χ1n) is 21.1. The van der Waals surface area contributed by atoms with Crippen LogP contribution >= 0.6 is 23.4 Å². The number of nitrogens with zero attached hydrogens (tertiary/aromatic N) is 3. The number of carbonyl (C=O) groups is 7. The molecule has 18 nitrogen and oxygen atoms in total. The van der Waals surface area contributed by atoms with E-state index in [1.807, 2.05) is 33.8 Å². The van der Waals surface area contributed by atoms with Crippen LogP contribution in [-0.4, -0.2) is 137 Å². The number of alkyl carbamates (subject to hydrolysis) is 1. The number of ether oxygens (including phenoxy) is 5. The third-order valence-corrected chi connectivity index (χ3v) is 14.1. The van der Waals surface area contributed by atoms with Crippen molar-refractivity contribution in [2.45, 2.75) is 147 Å². The fourth-order valence-corrected chi connectivity index (χ4v) is 8.60. The second kappa shape index (κ2) is 21.3. The predicted octanol–water partition coefficient (Wildman–Crippen LogP) is 4.88. The Morgan fingerprint density at radius 2 is 1.73 bits per heavy atom. The maximum absolute atomic E-state index is 14.3. The summed E-state index contributed by atoms with van der Waals surface area (Å²) in [6.45, 7) is 14.1. The molecule has 1 aromatic rings. The quantitative estimate of drug-likeness (QED) is 0.0726. The minimum atomic E-state index is -1.75. The zero-order valence-corrected chi connectivity index (χ0v) is 40.3. The molecular weight excluding hydrogens is 876 g/mol. The highest BCUT2D eigenvalue weighted by Gasteiger charge is 2.64. The molecule has 8 atom stereocenters. The Hall–Kier alpha value is -4.43. The number of thioether (sulfide) groups is 1. The lowest BCUT2D eigenvalue weighted by molar-refractivity contribution is -0.195. The molecule has 0 saturated carbocycles. The largest absolute Gasteiger partial charge is 0.495 e. The summed E-state index contributed by atoms with van der Waals surface area (Å²) in [5.41, 5.74) is -0.746. The number of aliphatic hydroxyl groups is 1. The lowest BCUT2D eigenvalue weighted by atomic mass is 9.84. The normalized spacial score (nSPS) is 24.2. The minimum Gasteiger partial charge on any atom is -0.495 e. The number of hydroxylamine groups is 2. The third-order valence-electron chi connectivity index (χ3n) is 12.4. The van der Waals surface area contributed by atoms with Gasteiger partial charge in [-0.1, -0.05) is 44.0 Å². The van der Waals surface area contributed by atoms with E-state index in [4.69, 9.17) is 40.1 Å². The van der Waals surface area contributed by atoms with Crippen LogP contribution in [0.2, 0.25) is 5.02 Å². The lowest BCUT2D eigenvalue weighted by Gasteiger charge is -2.41. The number of allylic oxidation sites excluding steroid dienone is 2. The van der Waals surface area contributed by atoms with Gasteiger partial charge in [0, 0.05) is 57.6 Å². The molecule has 0 radical (unpaired) electrons. The van der Waals surface area contributed by atoms with Gasteiger partial charge in [-0.3, -0.25) is 24.5 Å². The highest BCUT2D eigenvalue weighted by Crippen LogP contribution is 2.49. The second-order valence-corrected chi connectivity index (χ2v) is 19.5. The maximum Gasteiger partial charge on any atom is 0.409 e. The molecule has 356 valence electrons. The molecule has 3 aliphatic rings. The Morgan fingerprint density at radius 1 is 1.09 bits per heavy atom. The number of rotatable bonds is 21. The molecule has 3 fully saturated rings. The number of likely N-dealkylation sites (N-methyl/N-ethyl adjacent to an activating group) is 1. The monoisotopic (exact) mass is 938 g/mol. The van der Waals surface area contributed by atoms with Gasteiger partial charge in [0.05, 0.1) is 31.1 Å². The van der Waals surface area contributed by atoms with Crippen molar-refractivity contribution >= 4 is 70.7 Å². The van der Waals surface area contributed by atoms with Crippen LogP contribution in [0.15, 0.2) is 23.8 Å². The van der Waals surface area contributed by atoms with Gasteiger partial charge < -0.3 is 43.4 Å². The van der Waals surface area contributed by atoms with Crippen molar-refractivity contribution in [3.63, 3.8) is 0 Å². The number of methoxy groups -OCH3 is 2. The number of imide groups is 1.